The number of carbonyl (C=O) groups excluding carboxylic acids is 1. The van der Waals surface area contributed by atoms with E-state index in [9.17, 15) is 4.79 Å². The molecule has 0 aromatic heterocycles. The Morgan fingerprint density at radius 2 is 1.88 bits per heavy atom. The van der Waals surface area contributed by atoms with Crippen LogP contribution in [0.15, 0.2) is 0 Å². The van der Waals surface area contributed by atoms with E-state index in [2.05, 4.69) is 20.8 Å². The van der Waals surface area contributed by atoms with Gasteiger partial charge in [0.1, 0.15) is 5.78 Å². The maximum Gasteiger partial charge on any atom is 0.135 e. The topological polar surface area (TPSA) is 17.1 Å². The van der Waals surface area contributed by atoms with Gasteiger partial charge in [0.15, 0.2) is 0 Å². The first-order chi connectivity index (χ1) is 7.67. The highest BCUT2D eigenvalue weighted by Gasteiger charge is 2.32. The van der Waals surface area contributed by atoms with Crippen LogP contribution in [0.1, 0.15) is 78.6 Å². The zero-order chi connectivity index (χ0) is 12.0. The van der Waals surface area contributed by atoms with Crippen molar-refractivity contribution in [2.45, 2.75) is 78.6 Å². The number of hydrogen-bond donors (Lipinski definition) is 0. The van der Waals surface area contributed by atoms with Gasteiger partial charge in [-0.3, -0.25) is 4.79 Å². The number of hydrogen-bond acceptors (Lipinski definition) is 1. The Hall–Kier alpha value is -0.330. The predicted molar refractivity (Wildman–Crippen MR) is 69.5 cm³/mol. The molecule has 0 spiro atoms. The van der Waals surface area contributed by atoms with Gasteiger partial charge in [-0.25, -0.2) is 0 Å². The second-order valence-corrected chi connectivity index (χ2v) is 5.57. The molecule has 16 heavy (non-hydrogen) atoms. The third kappa shape index (κ3) is 3.33. The zero-order valence-corrected chi connectivity index (χ0v) is 11.3. The average molecular weight is 224 g/mol. The van der Waals surface area contributed by atoms with Crippen LogP contribution in [0, 0.1) is 11.3 Å². The van der Waals surface area contributed by atoms with E-state index in [-0.39, 0.29) is 0 Å². The van der Waals surface area contributed by atoms with Gasteiger partial charge in [0, 0.05) is 12.3 Å². The summed E-state index contributed by atoms with van der Waals surface area (Å²) in [5.41, 5.74) is 0.451. The second-order valence-electron chi connectivity index (χ2n) is 5.57. The third-order valence-electron chi connectivity index (χ3n) is 4.64. The van der Waals surface area contributed by atoms with Crippen molar-refractivity contribution in [1.82, 2.24) is 0 Å². The SMILES string of the molecule is CCCC(CC)(CC)CC1CCCCC1=O. The molecule has 1 aliphatic rings. The van der Waals surface area contributed by atoms with Crippen LogP contribution in [-0.2, 0) is 4.79 Å². The summed E-state index contributed by atoms with van der Waals surface area (Å²) >= 11 is 0. The molecule has 1 rings (SSSR count). The van der Waals surface area contributed by atoms with Crippen molar-refractivity contribution < 1.29 is 4.79 Å². The van der Waals surface area contributed by atoms with Crippen LogP contribution in [0.25, 0.3) is 0 Å². The molecule has 0 aromatic carbocycles. The highest BCUT2D eigenvalue weighted by atomic mass is 16.1. The Morgan fingerprint density at radius 3 is 2.38 bits per heavy atom. The summed E-state index contributed by atoms with van der Waals surface area (Å²) in [5, 5.41) is 0. The monoisotopic (exact) mass is 224 g/mol. The Labute approximate surface area is 101 Å². The van der Waals surface area contributed by atoms with E-state index in [0.717, 1.165) is 25.7 Å². The van der Waals surface area contributed by atoms with Crippen molar-refractivity contribution in [3.63, 3.8) is 0 Å². The Morgan fingerprint density at radius 1 is 1.19 bits per heavy atom. The Balaban J connectivity index is 2.62. The second kappa shape index (κ2) is 6.42. The molecule has 1 nitrogen and oxygen atoms in total. The van der Waals surface area contributed by atoms with Crippen molar-refractivity contribution in [3.8, 4) is 0 Å². The summed E-state index contributed by atoms with van der Waals surface area (Å²) in [6, 6.07) is 0. The summed E-state index contributed by atoms with van der Waals surface area (Å²) in [4.78, 5) is 11.9. The van der Waals surface area contributed by atoms with Crippen molar-refractivity contribution in [1.29, 1.82) is 0 Å². The van der Waals surface area contributed by atoms with E-state index in [4.69, 9.17) is 0 Å². The van der Waals surface area contributed by atoms with E-state index in [1.807, 2.05) is 0 Å². The van der Waals surface area contributed by atoms with E-state index >= 15 is 0 Å². The standard InChI is InChI=1S/C15H28O/c1-4-11-15(5-2,6-3)12-13-9-7-8-10-14(13)16/h13H,4-12H2,1-3H3. The van der Waals surface area contributed by atoms with Crippen LogP contribution in [0.3, 0.4) is 0 Å². The zero-order valence-electron chi connectivity index (χ0n) is 11.3. The first-order valence-electron chi connectivity index (χ1n) is 7.20. The van der Waals surface area contributed by atoms with Crippen LogP contribution in [0.4, 0.5) is 0 Å². The molecule has 1 aliphatic carbocycles. The molecule has 0 N–H and O–H groups in total. The van der Waals surface area contributed by atoms with Crippen LogP contribution < -0.4 is 0 Å². The van der Waals surface area contributed by atoms with Crippen LogP contribution in [0.2, 0.25) is 0 Å². The maximum absolute atomic E-state index is 11.9. The quantitative estimate of drug-likeness (QED) is 0.636. The molecule has 0 saturated heterocycles. The minimum Gasteiger partial charge on any atom is -0.299 e. The summed E-state index contributed by atoms with van der Waals surface area (Å²) < 4.78 is 0. The van der Waals surface area contributed by atoms with Gasteiger partial charge < -0.3 is 0 Å². The van der Waals surface area contributed by atoms with Crippen LogP contribution >= 0.6 is 0 Å². The minimum atomic E-state index is 0.389. The fourth-order valence-electron chi connectivity index (χ4n) is 3.32. The van der Waals surface area contributed by atoms with Crippen molar-refractivity contribution in [3.05, 3.63) is 0 Å². The predicted octanol–water partition coefficient (Wildman–Crippen LogP) is 4.74. The smallest absolute Gasteiger partial charge is 0.135 e. The summed E-state index contributed by atoms with van der Waals surface area (Å²) in [5.74, 6) is 0.939. The third-order valence-corrected chi connectivity index (χ3v) is 4.64. The lowest BCUT2D eigenvalue weighted by Crippen LogP contribution is -2.28. The fourth-order valence-corrected chi connectivity index (χ4v) is 3.32. The number of carbonyl (C=O) groups is 1. The lowest BCUT2D eigenvalue weighted by atomic mass is 9.69. The van der Waals surface area contributed by atoms with Gasteiger partial charge in [-0.05, 0) is 31.1 Å². The van der Waals surface area contributed by atoms with Gasteiger partial charge in [0.05, 0.1) is 0 Å². The van der Waals surface area contributed by atoms with E-state index in [1.165, 1.54) is 32.1 Å². The number of rotatable bonds is 6. The van der Waals surface area contributed by atoms with E-state index < -0.39 is 0 Å². The molecule has 0 heterocycles. The van der Waals surface area contributed by atoms with Crippen molar-refractivity contribution in [2.24, 2.45) is 11.3 Å². The largest absolute Gasteiger partial charge is 0.299 e. The molecular formula is C15H28O. The first-order valence-corrected chi connectivity index (χ1v) is 7.20. The van der Waals surface area contributed by atoms with E-state index in [1.54, 1.807) is 0 Å². The Kier molecular flexibility index (Phi) is 5.51. The molecule has 0 radical (unpaired) electrons. The van der Waals surface area contributed by atoms with Gasteiger partial charge in [0.25, 0.3) is 0 Å². The van der Waals surface area contributed by atoms with Gasteiger partial charge in [-0.1, -0.05) is 46.5 Å². The van der Waals surface area contributed by atoms with Gasteiger partial charge in [-0.2, -0.15) is 0 Å². The summed E-state index contributed by atoms with van der Waals surface area (Å²) in [6.07, 6.45) is 10.6. The Bertz CT molecular complexity index is 215. The maximum atomic E-state index is 11.9. The molecule has 1 atom stereocenters. The molecule has 1 saturated carbocycles. The van der Waals surface area contributed by atoms with Gasteiger partial charge in [0.2, 0.25) is 0 Å². The lowest BCUT2D eigenvalue weighted by molar-refractivity contribution is -0.126. The molecule has 94 valence electrons. The van der Waals surface area contributed by atoms with Crippen molar-refractivity contribution in [2.75, 3.05) is 0 Å². The highest BCUT2D eigenvalue weighted by Crippen LogP contribution is 2.41. The fraction of sp³-hybridized carbons (Fsp3) is 0.933. The minimum absolute atomic E-state index is 0.389. The molecule has 1 heteroatoms. The molecule has 0 aromatic rings. The first kappa shape index (κ1) is 13.7. The summed E-state index contributed by atoms with van der Waals surface area (Å²) in [6.45, 7) is 6.86. The number of ketones is 1. The number of Topliss-reactive ketones (excluding diaryl/α,β-unsaturated/α-hetero) is 1. The average Bonchev–Trinajstić information content (AvgIpc) is 2.31. The lowest BCUT2D eigenvalue weighted by Gasteiger charge is -2.36. The molecule has 1 fully saturated rings. The molecule has 1 unspecified atom stereocenters. The molecular weight excluding hydrogens is 196 g/mol. The van der Waals surface area contributed by atoms with Gasteiger partial charge in [-0.15, -0.1) is 0 Å². The van der Waals surface area contributed by atoms with E-state index in [0.29, 0.717) is 17.1 Å². The summed E-state index contributed by atoms with van der Waals surface area (Å²) in [7, 11) is 0. The van der Waals surface area contributed by atoms with Crippen LogP contribution in [0.5, 0.6) is 0 Å². The molecule has 0 bridgehead atoms. The highest BCUT2D eigenvalue weighted by molar-refractivity contribution is 5.81. The molecule has 0 amide bonds. The van der Waals surface area contributed by atoms with Crippen LogP contribution in [-0.4, -0.2) is 5.78 Å². The molecule has 0 aliphatic heterocycles. The van der Waals surface area contributed by atoms with Crippen molar-refractivity contribution >= 4 is 5.78 Å². The van der Waals surface area contributed by atoms with Gasteiger partial charge >= 0.3 is 0 Å². The normalized spacial score (nSPS) is 22.4.